The molecular weight excluding hydrogens is 294 g/mol. The minimum atomic E-state index is -0.780. The number of hydrogen-bond acceptors (Lipinski definition) is 5. The number of carbonyl (C=O) groups is 1. The second kappa shape index (κ2) is 6.85. The Labute approximate surface area is 134 Å². The van der Waals surface area contributed by atoms with Crippen LogP contribution in [-0.2, 0) is 11.2 Å². The summed E-state index contributed by atoms with van der Waals surface area (Å²) in [6.07, 6.45) is 2.08. The molecule has 1 N–H and O–H groups in total. The topological polar surface area (TPSA) is 75.6 Å². The van der Waals surface area contributed by atoms with Gasteiger partial charge < -0.3 is 14.7 Å². The number of rotatable bonds is 4. The summed E-state index contributed by atoms with van der Waals surface area (Å²) in [4.78, 5) is 14.2. The highest BCUT2D eigenvalue weighted by molar-refractivity contribution is 5.92. The molecule has 1 atom stereocenters. The summed E-state index contributed by atoms with van der Waals surface area (Å²) in [5.74, 6) is -0.188. The first kappa shape index (κ1) is 15.6. The molecule has 2 heterocycles. The van der Waals surface area contributed by atoms with Crippen LogP contribution in [0.15, 0.2) is 48.7 Å². The van der Waals surface area contributed by atoms with E-state index in [1.165, 1.54) is 6.20 Å². The van der Waals surface area contributed by atoms with Crippen molar-refractivity contribution in [2.45, 2.75) is 12.0 Å². The molecule has 6 nitrogen and oxygen atoms in total. The first-order valence-electron chi connectivity index (χ1n) is 7.58. The summed E-state index contributed by atoms with van der Waals surface area (Å²) in [6.45, 7) is 1.05. The average molecular weight is 313 g/mol. The van der Waals surface area contributed by atoms with E-state index >= 15 is 0 Å². The quantitative estimate of drug-likeness (QED) is 0.908. The first-order valence-corrected chi connectivity index (χ1v) is 7.58. The van der Waals surface area contributed by atoms with Crippen molar-refractivity contribution in [1.82, 2.24) is 15.1 Å². The molecule has 1 aliphatic heterocycles. The molecule has 0 bridgehead atoms. The zero-order valence-electron chi connectivity index (χ0n) is 12.8. The highest BCUT2D eigenvalue weighted by Crippen LogP contribution is 2.23. The molecule has 1 amide bonds. The van der Waals surface area contributed by atoms with Gasteiger partial charge in [0.05, 0.1) is 19.8 Å². The SMILES string of the molecule is O=C(c1cccnn1)N1CCO[C@](CO)(Cc2ccccc2)C1. The number of aromatic nitrogens is 2. The molecule has 1 fully saturated rings. The van der Waals surface area contributed by atoms with Gasteiger partial charge in [0.2, 0.25) is 0 Å². The molecule has 1 aromatic carbocycles. The minimum absolute atomic E-state index is 0.147. The van der Waals surface area contributed by atoms with E-state index in [0.29, 0.717) is 31.8 Å². The van der Waals surface area contributed by atoms with Gasteiger partial charge in [0.25, 0.3) is 5.91 Å². The van der Waals surface area contributed by atoms with Crippen LogP contribution < -0.4 is 0 Å². The number of morpholine rings is 1. The largest absolute Gasteiger partial charge is 0.393 e. The molecule has 2 aromatic rings. The van der Waals surface area contributed by atoms with Gasteiger partial charge in [0, 0.05) is 19.2 Å². The van der Waals surface area contributed by atoms with Gasteiger partial charge in [0.15, 0.2) is 5.69 Å². The molecule has 0 saturated carbocycles. The van der Waals surface area contributed by atoms with Crippen molar-refractivity contribution >= 4 is 5.91 Å². The predicted molar refractivity (Wildman–Crippen MR) is 83.9 cm³/mol. The smallest absolute Gasteiger partial charge is 0.274 e. The number of benzene rings is 1. The van der Waals surface area contributed by atoms with Crippen molar-refractivity contribution in [3.8, 4) is 0 Å². The van der Waals surface area contributed by atoms with Crippen LogP contribution in [0.25, 0.3) is 0 Å². The van der Waals surface area contributed by atoms with Crippen molar-refractivity contribution in [2.75, 3.05) is 26.3 Å². The van der Waals surface area contributed by atoms with Crippen LogP contribution in [0.5, 0.6) is 0 Å². The van der Waals surface area contributed by atoms with Gasteiger partial charge in [-0.05, 0) is 17.7 Å². The fraction of sp³-hybridized carbons (Fsp3) is 0.353. The Morgan fingerprint density at radius 1 is 1.26 bits per heavy atom. The summed E-state index contributed by atoms with van der Waals surface area (Å²) in [5, 5.41) is 17.5. The third kappa shape index (κ3) is 3.55. The Morgan fingerprint density at radius 3 is 2.78 bits per heavy atom. The third-order valence-corrected chi connectivity index (χ3v) is 3.98. The number of amides is 1. The van der Waals surface area contributed by atoms with Crippen molar-refractivity contribution in [3.63, 3.8) is 0 Å². The first-order chi connectivity index (χ1) is 11.2. The van der Waals surface area contributed by atoms with E-state index in [0.717, 1.165) is 5.56 Å². The average Bonchev–Trinajstić information content (AvgIpc) is 2.63. The van der Waals surface area contributed by atoms with Gasteiger partial charge >= 0.3 is 0 Å². The molecule has 1 aliphatic rings. The standard InChI is InChI=1S/C17H19N3O3/c21-13-17(11-14-5-2-1-3-6-14)12-20(9-10-23-17)16(22)15-7-4-8-18-19-15/h1-8,21H,9-13H2/t17-/m1/s1. The van der Waals surface area contributed by atoms with Crippen LogP contribution in [0.1, 0.15) is 16.1 Å². The van der Waals surface area contributed by atoms with Crippen LogP contribution in [0.3, 0.4) is 0 Å². The van der Waals surface area contributed by atoms with Gasteiger partial charge in [-0.15, -0.1) is 5.10 Å². The van der Waals surface area contributed by atoms with Crippen molar-refractivity contribution in [2.24, 2.45) is 0 Å². The fourth-order valence-corrected chi connectivity index (χ4v) is 2.82. The van der Waals surface area contributed by atoms with E-state index in [1.807, 2.05) is 30.3 Å². The van der Waals surface area contributed by atoms with Crippen molar-refractivity contribution in [1.29, 1.82) is 0 Å². The van der Waals surface area contributed by atoms with E-state index in [2.05, 4.69) is 10.2 Å². The molecular formula is C17H19N3O3. The third-order valence-electron chi connectivity index (χ3n) is 3.98. The summed E-state index contributed by atoms with van der Waals surface area (Å²) in [6, 6.07) is 13.2. The number of nitrogens with zero attached hydrogens (tertiary/aromatic N) is 3. The summed E-state index contributed by atoms with van der Waals surface area (Å²) >= 11 is 0. The van der Waals surface area contributed by atoms with E-state index in [1.54, 1.807) is 17.0 Å². The Hall–Kier alpha value is -2.31. The normalized spacial score (nSPS) is 21.2. The number of aliphatic hydroxyl groups is 1. The van der Waals surface area contributed by atoms with E-state index in [4.69, 9.17) is 4.74 Å². The van der Waals surface area contributed by atoms with E-state index < -0.39 is 5.60 Å². The number of carbonyl (C=O) groups excluding carboxylic acids is 1. The van der Waals surface area contributed by atoms with Crippen molar-refractivity contribution < 1.29 is 14.6 Å². The highest BCUT2D eigenvalue weighted by Gasteiger charge is 2.38. The summed E-state index contributed by atoms with van der Waals surface area (Å²) in [5.41, 5.74) is 0.591. The van der Waals surface area contributed by atoms with Gasteiger partial charge in [-0.1, -0.05) is 30.3 Å². The monoisotopic (exact) mass is 313 g/mol. The number of aliphatic hydroxyl groups excluding tert-OH is 1. The zero-order valence-corrected chi connectivity index (χ0v) is 12.8. The molecule has 0 aliphatic carbocycles. The van der Waals surface area contributed by atoms with Crippen LogP contribution in [0.4, 0.5) is 0 Å². The van der Waals surface area contributed by atoms with Gasteiger partial charge in [-0.3, -0.25) is 4.79 Å². The Kier molecular flexibility index (Phi) is 4.64. The maximum absolute atomic E-state index is 12.5. The molecule has 120 valence electrons. The molecule has 0 radical (unpaired) electrons. The number of hydrogen-bond donors (Lipinski definition) is 1. The Balaban J connectivity index is 1.77. The van der Waals surface area contributed by atoms with Crippen LogP contribution in [0.2, 0.25) is 0 Å². The second-order valence-electron chi connectivity index (χ2n) is 5.69. The van der Waals surface area contributed by atoms with E-state index in [-0.39, 0.29) is 12.5 Å². The maximum Gasteiger partial charge on any atom is 0.274 e. The lowest BCUT2D eigenvalue weighted by Crippen LogP contribution is -2.56. The minimum Gasteiger partial charge on any atom is -0.393 e. The van der Waals surface area contributed by atoms with Crippen LogP contribution in [-0.4, -0.2) is 58.0 Å². The lowest BCUT2D eigenvalue weighted by Gasteiger charge is -2.41. The van der Waals surface area contributed by atoms with Gasteiger partial charge in [-0.2, -0.15) is 5.10 Å². The molecule has 0 spiro atoms. The second-order valence-corrected chi connectivity index (χ2v) is 5.69. The lowest BCUT2D eigenvalue weighted by molar-refractivity contribution is -0.123. The highest BCUT2D eigenvalue weighted by atomic mass is 16.5. The van der Waals surface area contributed by atoms with E-state index in [9.17, 15) is 9.90 Å². The lowest BCUT2D eigenvalue weighted by atomic mass is 9.93. The predicted octanol–water partition coefficient (Wildman–Crippen LogP) is 0.923. The number of ether oxygens (including phenoxy) is 1. The maximum atomic E-state index is 12.5. The molecule has 3 rings (SSSR count). The van der Waals surface area contributed by atoms with Crippen LogP contribution in [0, 0.1) is 0 Å². The zero-order chi connectivity index (χ0) is 16.1. The molecule has 23 heavy (non-hydrogen) atoms. The fourth-order valence-electron chi connectivity index (χ4n) is 2.82. The van der Waals surface area contributed by atoms with Gasteiger partial charge in [0.1, 0.15) is 5.60 Å². The molecule has 1 saturated heterocycles. The van der Waals surface area contributed by atoms with Crippen LogP contribution >= 0.6 is 0 Å². The van der Waals surface area contributed by atoms with Gasteiger partial charge in [-0.25, -0.2) is 0 Å². The summed E-state index contributed by atoms with van der Waals surface area (Å²) in [7, 11) is 0. The molecule has 1 aromatic heterocycles. The molecule has 0 unspecified atom stereocenters. The Bertz CT molecular complexity index is 651. The molecule has 6 heteroatoms. The van der Waals surface area contributed by atoms with Crippen molar-refractivity contribution in [3.05, 3.63) is 59.9 Å². The summed E-state index contributed by atoms with van der Waals surface area (Å²) < 4.78 is 5.86. The Morgan fingerprint density at radius 2 is 2.09 bits per heavy atom.